The molecule has 0 aliphatic carbocycles. The van der Waals surface area contributed by atoms with Crippen molar-refractivity contribution >= 4 is 47.6 Å². The predicted molar refractivity (Wildman–Crippen MR) is 162 cm³/mol. The van der Waals surface area contributed by atoms with E-state index in [9.17, 15) is 26.3 Å². The molecule has 0 aliphatic heterocycles. The first-order valence-electron chi connectivity index (χ1n) is 12.4. The van der Waals surface area contributed by atoms with Crippen molar-refractivity contribution in [3.05, 3.63) is 104 Å². The standard InChI is InChI=1S/C10H9F4NO.C10H10F2N2O2.C9H9Cl2NO/c1-16-15-5-4-7-2-3-8(9(11)6-7)10(12,13)14;1-15-13-6-10(14-16-2)8-4-3-7(11)5-9(8)12;1-13-12-5-4-7-2-3-8(10)9(11)6-7/h2-3,5-6H,4H2,1H3;3-6H,1-2H3;2-3,5-6H,4H2,1H3. The quantitative estimate of drug-likeness (QED) is 0.123. The van der Waals surface area contributed by atoms with Crippen LogP contribution in [0.2, 0.25) is 10.0 Å². The molecule has 45 heavy (non-hydrogen) atoms. The Bertz CT molecular complexity index is 1470. The molecule has 0 unspecified atom stereocenters. The summed E-state index contributed by atoms with van der Waals surface area (Å²) in [6, 6.07) is 11.3. The average molecular weight is 681 g/mol. The molecular formula is C29H28Cl2F6N4O4. The van der Waals surface area contributed by atoms with Gasteiger partial charge < -0.3 is 19.4 Å². The fraction of sp³-hybridized carbons (Fsp3) is 0.241. The summed E-state index contributed by atoms with van der Waals surface area (Å²) in [6.45, 7) is 0. The fourth-order valence-corrected chi connectivity index (χ4v) is 3.38. The van der Waals surface area contributed by atoms with Gasteiger partial charge in [0, 0.05) is 36.9 Å². The first kappa shape index (κ1) is 38.7. The van der Waals surface area contributed by atoms with Gasteiger partial charge in [-0.3, -0.25) is 0 Å². The number of hydrogen-bond donors (Lipinski definition) is 0. The molecule has 8 nitrogen and oxygen atoms in total. The topological polar surface area (TPSA) is 86.4 Å². The van der Waals surface area contributed by atoms with Gasteiger partial charge in [-0.05, 0) is 47.5 Å². The molecule has 0 aliphatic rings. The van der Waals surface area contributed by atoms with Crippen molar-refractivity contribution in [3.63, 3.8) is 0 Å². The van der Waals surface area contributed by atoms with E-state index < -0.39 is 29.2 Å². The summed E-state index contributed by atoms with van der Waals surface area (Å²) in [5.74, 6) is -2.70. The highest BCUT2D eigenvalue weighted by Crippen LogP contribution is 2.31. The van der Waals surface area contributed by atoms with E-state index in [2.05, 4.69) is 40.0 Å². The summed E-state index contributed by atoms with van der Waals surface area (Å²) < 4.78 is 75.7. The lowest BCUT2D eigenvalue weighted by Gasteiger charge is -2.08. The molecule has 0 amide bonds. The molecule has 3 aromatic rings. The smallest absolute Gasteiger partial charge is 0.399 e. The Balaban J connectivity index is 0.000000340. The lowest BCUT2D eigenvalue weighted by Crippen LogP contribution is -2.08. The largest absolute Gasteiger partial charge is 0.419 e. The minimum atomic E-state index is -4.66. The van der Waals surface area contributed by atoms with E-state index in [-0.39, 0.29) is 17.7 Å². The lowest BCUT2D eigenvalue weighted by molar-refractivity contribution is -0.140. The van der Waals surface area contributed by atoms with Crippen LogP contribution in [-0.4, -0.2) is 52.8 Å². The molecule has 0 bridgehead atoms. The van der Waals surface area contributed by atoms with Gasteiger partial charge >= 0.3 is 6.18 Å². The highest BCUT2D eigenvalue weighted by Gasteiger charge is 2.33. The first-order chi connectivity index (χ1) is 21.4. The SMILES string of the molecule is CON=CC(=NOC)c1ccc(F)cc1F.CON=CCc1ccc(C(F)(F)F)c(F)c1.CON=CCc1ccc(Cl)c(Cl)c1. The molecule has 244 valence electrons. The Morgan fingerprint density at radius 2 is 1.27 bits per heavy atom. The Hall–Kier alpha value is -4.30. The van der Waals surface area contributed by atoms with Gasteiger partial charge in [0.05, 0.1) is 21.8 Å². The van der Waals surface area contributed by atoms with Crippen LogP contribution in [-0.2, 0) is 38.4 Å². The Morgan fingerprint density at radius 1 is 0.689 bits per heavy atom. The van der Waals surface area contributed by atoms with E-state index in [0.717, 1.165) is 23.8 Å². The molecule has 0 spiro atoms. The second kappa shape index (κ2) is 20.6. The van der Waals surface area contributed by atoms with Crippen LogP contribution in [0.1, 0.15) is 22.3 Å². The highest BCUT2D eigenvalue weighted by atomic mass is 35.5. The summed E-state index contributed by atoms with van der Waals surface area (Å²) in [5.41, 5.74) is 0.354. The average Bonchev–Trinajstić information content (AvgIpc) is 2.98. The zero-order chi connectivity index (χ0) is 33.8. The van der Waals surface area contributed by atoms with Crippen LogP contribution in [0.25, 0.3) is 0 Å². The Kier molecular flexibility index (Phi) is 17.7. The zero-order valence-electron chi connectivity index (χ0n) is 24.3. The van der Waals surface area contributed by atoms with E-state index >= 15 is 0 Å². The summed E-state index contributed by atoms with van der Waals surface area (Å²) in [4.78, 5) is 17.9. The van der Waals surface area contributed by atoms with Crippen molar-refractivity contribution in [2.45, 2.75) is 19.0 Å². The number of hydrogen-bond acceptors (Lipinski definition) is 8. The van der Waals surface area contributed by atoms with Crippen molar-refractivity contribution in [3.8, 4) is 0 Å². The van der Waals surface area contributed by atoms with Crippen molar-refractivity contribution in [2.24, 2.45) is 20.6 Å². The van der Waals surface area contributed by atoms with E-state index in [1.807, 2.05) is 12.1 Å². The van der Waals surface area contributed by atoms with Crippen LogP contribution in [0.5, 0.6) is 0 Å². The molecule has 0 saturated heterocycles. The molecule has 3 rings (SSSR count). The highest BCUT2D eigenvalue weighted by molar-refractivity contribution is 6.42. The molecule has 3 aromatic carbocycles. The molecule has 0 N–H and O–H groups in total. The van der Waals surface area contributed by atoms with Gasteiger partial charge in [-0.15, -0.1) is 0 Å². The third kappa shape index (κ3) is 14.8. The molecule has 0 aromatic heterocycles. The number of benzene rings is 3. The van der Waals surface area contributed by atoms with E-state index in [4.69, 9.17) is 23.2 Å². The monoisotopic (exact) mass is 680 g/mol. The van der Waals surface area contributed by atoms with Crippen molar-refractivity contribution < 1.29 is 45.7 Å². The summed E-state index contributed by atoms with van der Waals surface area (Å²) >= 11 is 11.6. The molecular weight excluding hydrogens is 653 g/mol. The zero-order valence-corrected chi connectivity index (χ0v) is 25.8. The number of alkyl halides is 3. The molecule has 0 atom stereocenters. The van der Waals surface area contributed by atoms with Crippen LogP contribution in [0, 0.1) is 17.5 Å². The van der Waals surface area contributed by atoms with Crippen molar-refractivity contribution in [2.75, 3.05) is 28.4 Å². The summed E-state index contributed by atoms with van der Waals surface area (Å²) in [5, 5.41) is 15.1. The van der Waals surface area contributed by atoms with Crippen LogP contribution in [0.3, 0.4) is 0 Å². The number of halogens is 8. The normalized spacial score (nSPS) is 11.6. The van der Waals surface area contributed by atoms with Gasteiger partial charge in [0.1, 0.15) is 51.6 Å². The summed E-state index contributed by atoms with van der Waals surface area (Å²) in [6.07, 6.45) is 0.401. The van der Waals surface area contributed by atoms with Crippen LogP contribution < -0.4 is 0 Å². The first-order valence-corrected chi connectivity index (χ1v) is 13.2. The molecule has 0 saturated carbocycles. The summed E-state index contributed by atoms with van der Waals surface area (Å²) in [7, 11) is 5.49. The third-order valence-electron chi connectivity index (χ3n) is 5.01. The second-order valence-corrected chi connectivity index (χ2v) is 8.92. The van der Waals surface area contributed by atoms with Gasteiger partial charge in [-0.1, -0.05) is 56.0 Å². The third-order valence-corrected chi connectivity index (χ3v) is 5.75. The molecule has 0 fully saturated rings. The molecule has 0 heterocycles. The maximum atomic E-state index is 13.4. The van der Waals surface area contributed by atoms with E-state index in [0.29, 0.717) is 28.1 Å². The van der Waals surface area contributed by atoms with Gasteiger partial charge in [0.25, 0.3) is 0 Å². The number of rotatable bonds is 10. The number of oxime groups is 4. The van der Waals surface area contributed by atoms with Crippen LogP contribution in [0.4, 0.5) is 26.3 Å². The second-order valence-electron chi connectivity index (χ2n) is 8.11. The number of nitrogens with zero attached hydrogens (tertiary/aromatic N) is 4. The maximum absolute atomic E-state index is 13.4. The van der Waals surface area contributed by atoms with Crippen molar-refractivity contribution in [1.82, 2.24) is 0 Å². The Labute approximate surface area is 265 Å². The van der Waals surface area contributed by atoms with Crippen molar-refractivity contribution in [1.29, 1.82) is 0 Å². The van der Waals surface area contributed by atoms with Crippen LogP contribution >= 0.6 is 23.2 Å². The van der Waals surface area contributed by atoms with Gasteiger partial charge in [0.2, 0.25) is 0 Å². The lowest BCUT2D eigenvalue weighted by atomic mass is 10.1. The van der Waals surface area contributed by atoms with Gasteiger partial charge in [-0.2, -0.15) is 13.2 Å². The van der Waals surface area contributed by atoms with E-state index in [1.165, 1.54) is 53.0 Å². The fourth-order valence-electron chi connectivity index (χ4n) is 3.06. The van der Waals surface area contributed by atoms with Gasteiger partial charge in [0.15, 0.2) is 0 Å². The minimum Gasteiger partial charge on any atom is -0.399 e. The molecule has 16 heteroatoms. The van der Waals surface area contributed by atoms with Crippen LogP contribution in [0.15, 0.2) is 75.2 Å². The van der Waals surface area contributed by atoms with E-state index in [1.54, 1.807) is 12.3 Å². The predicted octanol–water partition coefficient (Wildman–Crippen LogP) is 8.13. The minimum absolute atomic E-state index is 0.0732. The van der Waals surface area contributed by atoms with Gasteiger partial charge in [-0.25, -0.2) is 13.2 Å². The molecule has 0 radical (unpaired) electrons. The Morgan fingerprint density at radius 3 is 1.76 bits per heavy atom. The maximum Gasteiger partial charge on any atom is 0.419 e.